The summed E-state index contributed by atoms with van der Waals surface area (Å²) in [5, 5.41) is 4.44. The van der Waals surface area contributed by atoms with Gasteiger partial charge in [0, 0.05) is 18.1 Å². The summed E-state index contributed by atoms with van der Waals surface area (Å²) >= 11 is 1.61. The zero-order valence-corrected chi connectivity index (χ0v) is 9.82. The van der Waals surface area contributed by atoms with Gasteiger partial charge in [-0.2, -0.15) is 5.10 Å². The lowest BCUT2D eigenvalue weighted by molar-refractivity contribution is 0.909. The Balaban J connectivity index is 2.38. The molecule has 0 unspecified atom stereocenters. The van der Waals surface area contributed by atoms with Gasteiger partial charge in [-0.05, 0) is 19.9 Å². The van der Waals surface area contributed by atoms with Crippen molar-refractivity contribution in [1.29, 1.82) is 0 Å². The predicted octanol–water partition coefficient (Wildman–Crippen LogP) is 2.47. The van der Waals surface area contributed by atoms with Crippen molar-refractivity contribution in [1.82, 2.24) is 19.6 Å². The number of aryl methyl sites for hydroxylation is 2. The Labute approximate surface area is 96.6 Å². The maximum Gasteiger partial charge on any atom is 0.164 e. The van der Waals surface area contributed by atoms with Gasteiger partial charge in [-0.25, -0.2) is 9.50 Å². The van der Waals surface area contributed by atoms with Gasteiger partial charge in [0.1, 0.15) is 0 Å². The van der Waals surface area contributed by atoms with E-state index in [2.05, 4.69) is 15.1 Å². The highest BCUT2D eigenvalue weighted by molar-refractivity contribution is 7.13. The molecule has 16 heavy (non-hydrogen) atoms. The van der Waals surface area contributed by atoms with Gasteiger partial charge in [0.15, 0.2) is 5.65 Å². The number of hydrogen-bond donors (Lipinski definition) is 0. The van der Waals surface area contributed by atoms with Gasteiger partial charge in [-0.1, -0.05) is 0 Å². The Morgan fingerprint density at radius 2 is 2.19 bits per heavy atom. The first kappa shape index (κ1) is 9.47. The third kappa shape index (κ3) is 1.32. The smallest absolute Gasteiger partial charge is 0.164 e. The molecule has 3 rings (SSSR count). The van der Waals surface area contributed by atoms with Crippen molar-refractivity contribution in [2.24, 2.45) is 0 Å². The minimum Gasteiger partial charge on any atom is -0.252 e. The molecule has 3 aromatic heterocycles. The van der Waals surface area contributed by atoms with Crippen molar-refractivity contribution in [3.8, 4) is 10.4 Å². The standard InChI is InChI=1S/C11H10N4S/c1-7-3-4-15-11(13-7)10(8(2)14-15)9-5-12-6-16-9/h3-6H,1-2H3. The third-order valence-electron chi connectivity index (χ3n) is 2.48. The summed E-state index contributed by atoms with van der Waals surface area (Å²) in [5.41, 5.74) is 5.81. The third-order valence-corrected chi connectivity index (χ3v) is 3.27. The molecule has 0 saturated heterocycles. The van der Waals surface area contributed by atoms with Crippen LogP contribution in [0.4, 0.5) is 0 Å². The van der Waals surface area contributed by atoms with Gasteiger partial charge in [0.2, 0.25) is 0 Å². The Hall–Kier alpha value is -1.75. The molecule has 0 amide bonds. The minimum atomic E-state index is 0.904. The Bertz CT molecular complexity index is 639. The fourth-order valence-electron chi connectivity index (χ4n) is 1.76. The Kier molecular flexibility index (Phi) is 2.00. The summed E-state index contributed by atoms with van der Waals surface area (Å²) in [6, 6.07) is 1.95. The van der Waals surface area contributed by atoms with Crippen LogP contribution in [0.15, 0.2) is 24.0 Å². The van der Waals surface area contributed by atoms with Gasteiger partial charge < -0.3 is 0 Å². The van der Waals surface area contributed by atoms with Crippen LogP contribution in [-0.4, -0.2) is 19.6 Å². The molecule has 0 spiro atoms. The van der Waals surface area contributed by atoms with Crippen LogP contribution in [0, 0.1) is 13.8 Å². The number of nitrogens with zero attached hydrogens (tertiary/aromatic N) is 4. The lowest BCUT2D eigenvalue weighted by Crippen LogP contribution is -1.91. The van der Waals surface area contributed by atoms with Crippen LogP contribution in [0.3, 0.4) is 0 Å². The highest BCUT2D eigenvalue weighted by Gasteiger charge is 2.13. The van der Waals surface area contributed by atoms with E-state index in [0.717, 1.165) is 27.5 Å². The topological polar surface area (TPSA) is 43.1 Å². The number of rotatable bonds is 1. The molecule has 3 aromatic rings. The van der Waals surface area contributed by atoms with Crippen molar-refractivity contribution in [3.63, 3.8) is 0 Å². The summed E-state index contributed by atoms with van der Waals surface area (Å²) in [6.07, 6.45) is 3.80. The summed E-state index contributed by atoms with van der Waals surface area (Å²) < 4.78 is 1.82. The average molecular weight is 230 g/mol. The summed E-state index contributed by atoms with van der Waals surface area (Å²) in [7, 11) is 0. The van der Waals surface area contributed by atoms with Crippen LogP contribution < -0.4 is 0 Å². The van der Waals surface area contributed by atoms with E-state index in [1.165, 1.54) is 0 Å². The average Bonchev–Trinajstić information content (AvgIpc) is 2.83. The molecule has 0 radical (unpaired) electrons. The molecule has 4 nitrogen and oxygen atoms in total. The molecule has 0 N–H and O–H groups in total. The second kappa shape index (κ2) is 3.38. The van der Waals surface area contributed by atoms with Gasteiger partial charge in [-0.3, -0.25) is 4.98 Å². The molecular weight excluding hydrogens is 220 g/mol. The van der Waals surface area contributed by atoms with E-state index in [-0.39, 0.29) is 0 Å². The molecule has 0 aliphatic carbocycles. The number of thiazole rings is 1. The molecule has 3 heterocycles. The van der Waals surface area contributed by atoms with Crippen LogP contribution >= 0.6 is 11.3 Å². The Morgan fingerprint density at radius 3 is 2.94 bits per heavy atom. The van der Waals surface area contributed by atoms with Crippen LogP contribution in [0.1, 0.15) is 11.4 Å². The number of hydrogen-bond acceptors (Lipinski definition) is 4. The van der Waals surface area contributed by atoms with Crippen molar-refractivity contribution in [3.05, 3.63) is 35.4 Å². The Morgan fingerprint density at radius 1 is 1.31 bits per heavy atom. The second-order valence-electron chi connectivity index (χ2n) is 3.66. The molecule has 5 heteroatoms. The quantitative estimate of drug-likeness (QED) is 0.645. The summed E-state index contributed by atoms with van der Waals surface area (Å²) in [4.78, 5) is 9.75. The molecule has 0 aliphatic heterocycles. The normalized spacial score (nSPS) is 11.1. The molecule has 80 valence electrons. The maximum absolute atomic E-state index is 4.53. The largest absolute Gasteiger partial charge is 0.252 e. The maximum atomic E-state index is 4.53. The van der Waals surface area contributed by atoms with Crippen LogP contribution in [0.5, 0.6) is 0 Å². The first-order chi connectivity index (χ1) is 7.75. The lowest BCUT2D eigenvalue weighted by atomic mass is 10.2. The SMILES string of the molecule is Cc1ccn2nc(C)c(-c3cncs3)c2n1. The first-order valence-corrected chi connectivity index (χ1v) is 5.85. The van der Waals surface area contributed by atoms with Gasteiger partial charge in [-0.15, -0.1) is 11.3 Å². The highest BCUT2D eigenvalue weighted by Crippen LogP contribution is 2.29. The first-order valence-electron chi connectivity index (χ1n) is 4.97. The summed E-state index contributed by atoms with van der Waals surface area (Å²) in [5.74, 6) is 0. The minimum absolute atomic E-state index is 0.904. The van der Waals surface area contributed by atoms with E-state index in [1.54, 1.807) is 11.3 Å². The second-order valence-corrected chi connectivity index (χ2v) is 4.55. The van der Waals surface area contributed by atoms with Crippen molar-refractivity contribution < 1.29 is 0 Å². The van der Waals surface area contributed by atoms with E-state index in [1.807, 2.05) is 42.3 Å². The van der Waals surface area contributed by atoms with E-state index in [9.17, 15) is 0 Å². The molecule has 0 aliphatic rings. The molecule has 0 aromatic carbocycles. The fourth-order valence-corrected chi connectivity index (χ4v) is 2.47. The number of aromatic nitrogens is 4. The van der Waals surface area contributed by atoms with Crippen LogP contribution in [0.25, 0.3) is 16.1 Å². The van der Waals surface area contributed by atoms with Crippen LogP contribution in [0.2, 0.25) is 0 Å². The van der Waals surface area contributed by atoms with Gasteiger partial charge >= 0.3 is 0 Å². The summed E-state index contributed by atoms with van der Waals surface area (Å²) in [6.45, 7) is 3.98. The van der Waals surface area contributed by atoms with Gasteiger partial charge in [0.25, 0.3) is 0 Å². The molecule has 0 saturated carbocycles. The number of fused-ring (bicyclic) bond motifs is 1. The van der Waals surface area contributed by atoms with Gasteiger partial charge in [0.05, 0.1) is 21.6 Å². The lowest BCUT2D eigenvalue weighted by Gasteiger charge is -1.96. The molecule has 0 bridgehead atoms. The van der Waals surface area contributed by atoms with E-state index >= 15 is 0 Å². The fraction of sp³-hybridized carbons (Fsp3) is 0.182. The zero-order valence-electron chi connectivity index (χ0n) is 9.01. The van der Waals surface area contributed by atoms with Crippen LogP contribution in [-0.2, 0) is 0 Å². The zero-order chi connectivity index (χ0) is 11.1. The van der Waals surface area contributed by atoms with Crippen molar-refractivity contribution in [2.75, 3.05) is 0 Å². The monoisotopic (exact) mass is 230 g/mol. The highest BCUT2D eigenvalue weighted by atomic mass is 32.1. The molecular formula is C11H10N4S. The van der Waals surface area contributed by atoms with E-state index in [4.69, 9.17) is 0 Å². The predicted molar refractivity (Wildman–Crippen MR) is 63.6 cm³/mol. The van der Waals surface area contributed by atoms with Crippen molar-refractivity contribution in [2.45, 2.75) is 13.8 Å². The molecule has 0 atom stereocenters. The molecule has 0 fully saturated rings. The van der Waals surface area contributed by atoms with E-state index < -0.39 is 0 Å². The van der Waals surface area contributed by atoms with Crippen molar-refractivity contribution >= 4 is 17.0 Å². The van der Waals surface area contributed by atoms with E-state index in [0.29, 0.717) is 0 Å².